The van der Waals surface area contributed by atoms with Crippen LogP contribution in [0.4, 0.5) is 0 Å². The van der Waals surface area contributed by atoms with E-state index in [-0.39, 0.29) is 24.5 Å². The fourth-order valence-electron chi connectivity index (χ4n) is 2.47. The molecule has 0 unspecified atom stereocenters. The number of aryl methyl sites for hydroxylation is 1. The van der Waals surface area contributed by atoms with E-state index in [0.717, 1.165) is 21.0 Å². The van der Waals surface area contributed by atoms with Gasteiger partial charge in [-0.25, -0.2) is 5.43 Å². The summed E-state index contributed by atoms with van der Waals surface area (Å²) in [6.07, 6.45) is 1.89. The van der Waals surface area contributed by atoms with E-state index >= 15 is 0 Å². The Balaban J connectivity index is 1.52. The number of amides is 1. The smallest absolute Gasteiger partial charge is 0.240 e. The maximum atomic E-state index is 12.2. The first-order valence-electron chi connectivity index (χ1n) is 8.12. The van der Waals surface area contributed by atoms with Gasteiger partial charge in [-0.15, -0.1) is 11.3 Å². The molecule has 0 saturated heterocycles. The lowest BCUT2D eigenvalue weighted by Crippen LogP contribution is -2.18. The summed E-state index contributed by atoms with van der Waals surface area (Å²) < 4.78 is 2.07. The molecule has 0 spiro atoms. The van der Waals surface area contributed by atoms with Crippen molar-refractivity contribution in [2.75, 3.05) is 0 Å². The fraction of sp³-hybridized carbons (Fsp3) is 0.150. The van der Waals surface area contributed by atoms with E-state index in [0.29, 0.717) is 5.56 Å². The number of nitrogens with zero attached hydrogens (tertiary/aromatic N) is 1. The zero-order valence-corrected chi connectivity index (χ0v) is 16.6. The minimum absolute atomic E-state index is 0.0614. The number of nitrogens with one attached hydrogen (secondary N) is 1. The molecule has 26 heavy (non-hydrogen) atoms. The normalized spacial score (nSPS) is 11.2. The van der Waals surface area contributed by atoms with Crippen molar-refractivity contribution in [2.24, 2.45) is 5.10 Å². The van der Waals surface area contributed by atoms with Crippen molar-refractivity contribution in [1.82, 2.24) is 5.43 Å². The molecule has 0 aliphatic rings. The minimum atomic E-state index is -0.277. The average molecular weight is 429 g/mol. The Labute approximate surface area is 164 Å². The number of thiophene rings is 1. The van der Waals surface area contributed by atoms with Crippen molar-refractivity contribution in [3.63, 3.8) is 0 Å². The second kappa shape index (κ2) is 8.38. The van der Waals surface area contributed by atoms with Crippen LogP contribution in [0.3, 0.4) is 0 Å². The van der Waals surface area contributed by atoms with Crippen molar-refractivity contribution in [3.8, 4) is 0 Å². The van der Waals surface area contributed by atoms with Crippen LogP contribution in [0.15, 0.2) is 57.4 Å². The Morgan fingerprint density at radius 3 is 2.81 bits per heavy atom. The lowest BCUT2D eigenvalue weighted by molar-refractivity contribution is -0.121. The van der Waals surface area contributed by atoms with Crippen molar-refractivity contribution in [3.05, 3.63) is 69.0 Å². The van der Waals surface area contributed by atoms with Gasteiger partial charge >= 0.3 is 0 Å². The largest absolute Gasteiger partial charge is 0.294 e. The Bertz CT molecular complexity index is 994. The molecule has 1 heterocycles. The molecule has 0 bridgehead atoms. The van der Waals surface area contributed by atoms with Gasteiger partial charge in [-0.3, -0.25) is 9.59 Å². The van der Waals surface area contributed by atoms with Crippen LogP contribution in [0.5, 0.6) is 0 Å². The van der Waals surface area contributed by atoms with E-state index in [4.69, 9.17) is 0 Å². The second-order valence-corrected chi connectivity index (χ2v) is 7.63. The molecule has 1 aromatic heterocycles. The molecule has 1 amide bonds. The van der Waals surface area contributed by atoms with Gasteiger partial charge in [-0.05, 0) is 24.6 Å². The lowest BCUT2D eigenvalue weighted by atomic mass is 10.1. The zero-order chi connectivity index (χ0) is 18.5. The monoisotopic (exact) mass is 428 g/mol. The predicted octanol–water partition coefficient (Wildman–Crippen LogP) is 5.09. The topological polar surface area (TPSA) is 58.5 Å². The molecule has 0 aliphatic heterocycles. The number of carbonyl (C=O) groups excluding carboxylic acids is 2. The number of hydrogen-bond acceptors (Lipinski definition) is 4. The molecular formula is C20H17BrN2O2S. The molecule has 0 radical (unpaired) electrons. The van der Waals surface area contributed by atoms with E-state index < -0.39 is 0 Å². The second-order valence-electron chi connectivity index (χ2n) is 5.87. The van der Waals surface area contributed by atoms with Gasteiger partial charge in [-0.1, -0.05) is 46.3 Å². The molecule has 3 rings (SSSR count). The predicted molar refractivity (Wildman–Crippen MR) is 110 cm³/mol. The van der Waals surface area contributed by atoms with E-state index in [1.54, 1.807) is 29.7 Å². The van der Waals surface area contributed by atoms with Crippen LogP contribution in [0, 0.1) is 6.92 Å². The molecule has 0 fully saturated rings. The number of hydrogen-bond donors (Lipinski definition) is 1. The number of fused-ring (bicyclic) bond motifs is 1. The molecular weight excluding hydrogens is 412 g/mol. The van der Waals surface area contributed by atoms with Crippen LogP contribution in [-0.4, -0.2) is 17.9 Å². The van der Waals surface area contributed by atoms with Crippen molar-refractivity contribution in [2.45, 2.75) is 19.8 Å². The van der Waals surface area contributed by atoms with Crippen molar-refractivity contribution < 1.29 is 9.59 Å². The number of hydrazone groups is 1. The van der Waals surface area contributed by atoms with Gasteiger partial charge in [0.2, 0.25) is 5.91 Å². The quantitative estimate of drug-likeness (QED) is 0.337. The Morgan fingerprint density at radius 2 is 2.00 bits per heavy atom. The molecule has 6 heteroatoms. The van der Waals surface area contributed by atoms with Crippen LogP contribution in [0.25, 0.3) is 10.1 Å². The lowest BCUT2D eigenvalue weighted by Gasteiger charge is -2.03. The molecule has 0 atom stereocenters. The highest BCUT2D eigenvalue weighted by Gasteiger charge is 2.10. The van der Waals surface area contributed by atoms with Crippen LogP contribution in [0.1, 0.15) is 34.3 Å². The van der Waals surface area contributed by atoms with Gasteiger partial charge in [-0.2, -0.15) is 5.10 Å². The SMILES string of the molecule is Cc1ccc(C(=O)CCC(=O)N/N=C/c2csc3ccccc23)cc1Br. The van der Waals surface area contributed by atoms with E-state index in [9.17, 15) is 9.59 Å². The third-order valence-electron chi connectivity index (χ3n) is 3.98. The van der Waals surface area contributed by atoms with Crippen LogP contribution in [0.2, 0.25) is 0 Å². The summed E-state index contributed by atoms with van der Waals surface area (Å²) in [6, 6.07) is 13.5. The van der Waals surface area contributed by atoms with Gasteiger partial charge in [0, 0.05) is 43.9 Å². The third kappa shape index (κ3) is 4.45. The summed E-state index contributed by atoms with van der Waals surface area (Å²) in [6.45, 7) is 1.96. The first kappa shape index (κ1) is 18.5. The van der Waals surface area contributed by atoms with Crippen LogP contribution >= 0.6 is 27.3 Å². The average Bonchev–Trinajstić information content (AvgIpc) is 3.05. The highest BCUT2D eigenvalue weighted by Crippen LogP contribution is 2.24. The summed E-state index contributed by atoms with van der Waals surface area (Å²) in [5.41, 5.74) is 5.12. The van der Waals surface area contributed by atoms with Gasteiger partial charge in [0.15, 0.2) is 5.78 Å². The Morgan fingerprint density at radius 1 is 1.19 bits per heavy atom. The molecule has 3 aromatic rings. The van der Waals surface area contributed by atoms with E-state index in [1.807, 2.05) is 42.6 Å². The first-order chi connectivity index (χ1) is 12.5. The third-order valence-corrected chi connectivity index (χ3v) is 5.81. The first-order valence-corrected chi connectivity index (χ1v) is 9.79. The number of Topliss-reactive ketones (excluding diaryl/α,β-unsaturated/α-hetero) is 1. The van der Waals surface area contributed by atoms with Gasteiger partial charge in [0.05, 0.1) is 6.21 Å². The molecule has 132 valence electrons. The van der Waals surface area contributed by atoms with Crippen molar-refractivity contribution in [1.29, 1.82) is 0 Å². The number of ketones is 1. The summed E-state index contributed by atoms with van der Waals surface area (Å²) in [4.78, 5) is 24.1. The highest BCUT2D eigenvalue weighted by atomic mass is 79.9. The standard InChI is InChI=1S/C20H17BrN2O2S/c1-13-6-7-14(10-17(13)21)18(24)8-9-20(25)23-22-11-15-12-26-19-5-3-2-4-16(15)19/h2-7,10-12H,8-9H2,1H3,(H,23,25)/b22-11+. The maximum absolute atomic E-state index is 12.2. The minimum Gasteiger partial charge on any atom is -0.294 e. The molecule has 0 saturated carbocycles. The Kier molecular flexibility index (Phi) is 5.96. The van der Waals surface area contributed by atoms with Gasteiger partial charge in [0.1, 0.15) is 0 Å². The highest BCUT2D eigenvalue weighted by molar-refractivity contribution is 9.10. The number of halogens is 1. The summed E-state index contributed by atoms with van der Waals surface area (Å²) in [5, 5.41) is 7.11. The number of rotatable bonds is 6. The zero-order valence-electron chi connectivity index (χ0n) is 14.2. The van der Waals surface area contributed by atoms with Gasteiger partial charge in [0.25, 0.3) is 0 Å². The summed E-state index contributed by atoms with van der Waals surface area (Å²) in [5.74, 6) is -0.339. The number of carbonyl (C=O) groups is 2. The van der Waals surface area contributed by atoms with Crippen LogP contribution in [-0.2, 0) is 4.79 Å². The maximum Gasteiger partial charge on any atom is 0.240 e. The Hall–Kier alpha value is -2.31. The summed E-state index contributed by atoms with van der Waals surface area (Å²) >= 11 is 5.05. The molecule has 4 nitrogen and oxygen atoms in total. The van der Waals surface area contributed by atoms with Crippen LogP contribution < -0.4 is 5.43 Å². The number of benzene rings is 2. The summed E-state index contributed by atoms with van der Waals surface area (Å²) in [7, 11) is 0. The van der Waals surface area contributed by atoms with E-state index in [2.05, 4.69) is 26.5 Å². The molecule has 1 N–H and O–H groups in total. The van der Waals surface area contributed by atoms with Crippen molar-refractivity contribution >= 4 is 55.3 Å². The molecule has 2 aromatic carbocycles. The fourth-order valence-corrected chi connectivity index (χ4v) is 3.76. The van der Waals surface area contributed by atoms with E-state index in [1.165, 1.54) is 4.70 Å². The molecule has 0 aliphatic carbocycles. The van der Waals surface area contributed by atoms with Gasteiger partial charge < -0.3 is 0 Å².